The molecule has 0 N–H and O–H groups in total. The van der Waals surface area contributed by atoms with Gasteiger partial charge >= 0.3 is 0 Å². The second-order valence-electron chi connectivity index (χ2n) is 6.20. The Morgan fingerprint density at radius 2 is 2.33 bits per heavy atom. The van der Waals surface area contributed by atoms with Gasteiger partial charge in [-0.05, 0) is 41.3 Å². The Bertz CT molecular complexity index is 677. The van der Waals surface area contributed by atoms with Gasteiger partial charge in [0, 0.05) is 18.8 Å². The van der Waals surface area contributed by atoms with Gasteiger partial charge in [0.2, 0.25) is 11.8 Å². The molecule has 1 saturated heterocycles. The van der Waals surface area contributed by atoms with Crippen molar-refractivity contribution in [3.63, 3.8) is 0 Å². The molecular formula is C18H20N2O3S. The van der Waals surface area contributed by atoms with Crippen molar-refractivity contribution >= 4 is 17.2 Å². The molecule has 2 fully saturated rings. The minimum atomic E-state index is -0.0628. The van der Waals surface area contributed by atoms with Crippen molar-refractivity contribution in [1.29, 1.82) is 0 Å². The Balaban J connectivity index is 1.43. The highest BCUT2D eigenvalue weighted by molar-refractivity contribution is 7.08. The van der Waals surface area contributed by atoms with Crippen LogP contribution >= 0.6 is 11.3 Å². The Kier molecular flexibility index (Phi) is 4.49. The van der Waals surface area contributed by atoms with Crippen molar-refractivity contribution in [2.45, 2.75) is 37.5 Å². The molecule has 1 aliphatic heterocycles. The summed E-state index contributed by atoms with van der Waals surface area (Å²) in [5.41, 5.74) is 1.09. The number of hydrogen-bond acceptors (Lipinski definition) is 5. The quantitative estimate of drug-likeness (QED) is 0.855. The van der Waals surface area contributed by atoms with Gasteiger partial charge in [0.25, 0.3) is 0 Å². The van der Waals surface area contributed by atoms with E-state index in [9.17, 15) is 4.79 Å². The van der Waals surface area contributed by atoms with E-state index in [0.29, 0.717) is 25.5 Å². The van der Waals surface area contributed by atoms with Gasteiger partial charge in [0.15, 0.2) is 0 Å². The average Bonchev–Trinajstić information content (AvgIpc) is 3.26. The molecule has 2 aromatic rings. The van der Waals surface area contributed by atoms with Crippen LogP contribution in [0.5, 0.6) is 5.88 Å². The number of thiophene rings is 1. The van der Waals surface area contributed by atoms with Gasteiger partial charge in [-0.1, -0.05) is 6.07 Å². The third kappa shape index (κ3) is 3.16. The topological polar surface area (TPSA) is 51.7 Å². The van der Waals surface area contributed by atoms with Crippen LogP contribution in [-0.4, -0.2) is 47.2 Å². The first-order chi connectivity index (χ1) is 11.8. The summed E-state index contributed by atoms with van der Waals surface area (Å²) in [6.07, 6.45) is 3.89. The first kappa shape index (κ1) is 15.6. The van der Waals surface area contributed by atoms with Crippen molar-refractivity contribution < 1.29 is 14.3 Å². The third-order valence-electron chi connectivity index (χ3n) is 4.70. The van der Waals surface area contributed by atoms with Crippen molar-refractivity contribution in [2.24, 2.45) is 0 Å². The van der Waals surface area contributed by atoms with E-state index in [0.717, 1.165) is 18.4 Å². The van der Waals surface area contributed by atoms with Crippen molar-refractivity contribution in [3.05, 3.63) is 46.8 Å². The minimum absolute atomic E-state index is 0.0401. The van der Waals surface area contributed by atoms with E-state index in [4.69, 9.17) is 9.47 Å². The van der Waals surface area contributed by atoms with Gasteiger partial charge in [-0.15, -0.1) is 0 Å². The lowest BCUT2D eigenvalue weighted by Gasteiger charge is -2.39. The number of ether oxygens (including phenoxy) is 2. The predicted octanol–water partition coefficient (Wildman–Crippen LogP) is 2.52. The van der Waals surface area contributed by atoms with Crippen LogP contribution in [-0.2, 0) is 16.0 Å². The molecule has 0 radical (unpaired) electrons. The summed E-state index contributed by atoms with van der Waals surface area (Å²) >= 11 is 1.63. The van der Waals surface area contributed by atoms with Crippen LogP contribution in [0.3, 0.4) is 0 Å². The summed E-state index contributed by atoms with van der Waals surface area (Å²) in [6.45, 7) is 1.24. The zero-order valence-corrected chi connectivity index (χ0v) is 14.2. The summed E-state index contributed by atoms with van der Waals surface area (Å²) < 4.78 is 12.0. The lowest BCUT2D eigenvalue weighted by atomic mass is 10.1. The molecule has 6 heteroatoms. The highest BCUT2D eigenvalue weighted by Crippen LogP contribution is 2.33. The zero-order chi connectivity index (χ0) is 16.4. The molecule has 4 rings (SSSR count). The van der Waals surface area contributed by atoms with Gasteiger partial charge < -0.3 is 14.4 Å². The number of hydrogen-bond donors (Lipinski definition) is 0. The van der Waals surface area contributed by atoms with Crippen LogP contribution in [0.1, 0.15) is 18.4 Å². The fraction of sp³-hybridized carbons (Fsp3) is 0.444. The lowest BCUT2D eigenvalue weighted by Crippen LogP contribution is -2.54. The van der Waals surface area contributed by atoms with Crippen molar-refractivity contribution in [1.82, 2.24) is 9.88 Å². The molecule has 0 spiro atoms. The number of morpholine rings is 1. The number of nitrogens with zero attached hydrogens (tertiary/aromatic N) is 2. The molecule has 5 nitrogen and oxygen atoms in total. The van der Waals surface area contributed by atoms with E-state index in [1.54, 1.807) is 17.5 Å². The highest BCUT2D eigenvalue weighted by Gasteiger charge is 2.45. The molecule has 0 bridgehead atoms. The lowest BCUT2D eigenvalue weighted by molar-refractivity contribution is -0.147. The van der Waals surface area contributed by atoms with E-state index >= 15 is 0 Å². The first-order valence-corrected chi connectivity index (χ1v) is 9.25. The maximum atomic E-state index is 12.7. The van der Waals surface area contributed by atoms with E-state index in [2.05, 4.69) is 4.98 Å². The average molecular weight is 344 g/mol. The summed E-state index contributed by atoms with van der Waals surface area (Å²) in [5, 5.41) is 4.05. The maximum Gasteiger partial charge on any atom is 0.227 e. The number of carbonyl (C=O) groups is 1. The largest absolute Gasteiger partial charge is 0.471 e. The number of rotatable bonds is 4. The molecule has 1 aliphatic carbocycles. The first-order valence-electron chi connectivity index (χ1n) is 8.31. The van der Waals surface area contributed by atoms with Gasteiger partial charge in [-0.2, -0.15) is 11.3 Å². The minimum Gasteiger partial charge on any atom is -0.471 e. The van der Waals surface area contributed by atoms with Crippen LogP contribution in [0.4, 0.5) is 0 Å². The molecule has 3 heterocycles. The van der Waals surface area contributed by atoms with Crippen LogP contribution in [0, 0.1) is 0 Å². The van der Waals surface area contributed by atoms with E-state index in [1.807, 2.05) is 39.9 Å². The summed E-state index contributed by atoms with van der Waals surface area (Å²) in [7, 11) is 0. The number of carbonyl (C=O) groups excluding carboxylic acids is 1. The van der Waals surface area contributed by atoms with Gasteiger partial charge in [0.05, 0.1) is 19.1 Å². The fourth-order valence-electron chi connectivity index (χ4n) is 3.59. The van der Waals surface area contributed by atoms with Crippen molar-refractivity contribution in [2.75, 3.05) is 13.2 Å². The van der Waals surface area contributed by atoms with E-state index in [-0.39, 0.29) is 24.2 Å². The zero-order valence-electron chi connectivity index (χ0n) is 13.3. The Morgan fingerprint density at radius 3 is 3.12 bits per heavy atom. The van der Waals surface area contributed by atoms with E-state index in [1.165, 1.54) is 0 Å². The standard InChI is InChI=1S/C18H20N2O3S/c21-17(11-13-6-10-24-12-13)20-8-9-22-18-14(20)4-5-15(18)23-16-3-1-2-7-19-16/h1-3,6-7,10,12,14-15,18H,4-5,8-9,11H2/t14-,15+,18+/m0/s1. The molecular weight excluding hydrogens is 324 g/mol. The molecule has 2 aromatic heterocycles. The summed E-state index contributed by atoms with van der Waals surface area (Å²) in [4.78, 5) is 18.9. The van der Waals surface area contributed by atoms with Gasteiger partial charge in [-0.3, -0.25) is 4.79 Å². The Labute approximate surface area is 145 Å². The molecule has 0 aromatic carbocycles. The highest BCUT2D eigenvalue weighted by atomic mass is 32.1. The Morgan fingerprint density at radius 1 is 1.38 bits per heavy atom. The van der Waals surface area contributed by atoms with Crippen molar-refractivity contribution in [3.8, 4) is 5.88 Å². The molecule has 126 valence electrons. The van der Waals surface area contributed by atoms with Crippen LogP contribution in [0.15, 0.2) is 41.2 Å². The molecule has 0 unspecified atom stereocenters. The van der Waals surface area contributed by atoms with Gasteiger partial charge in [-0.25, -0.2) is 4.98 Å². The summed E-state index contributed by atoms with van der Waals surface area (Å²) in [5.74, 6) is 0.804. The fourth-order valence-corrected chi connectivity index (χ4v) is 4.26. The van der Waals surface area contributed by atoms with Gasteiger partial charge in [0.1, 0.15) is 12.2 Å². The second-order valence-corrected chi connectivity index (χ2v) is 6.98. The Hall–Kier alpha value is -1.92. The molecule has 2 aliphatic rings. The molecule has 1 amide bonds. The molecule has 3 atom stereocenters. The number of amides is 1. The predicted molar refractivity (Wildman–Crippen MR) is 91.2 cm³/mol. The van der Waals surface area contributed by atoms with Crippen LogP contribution in [0.2, 0.25) is 0 Å². The SMILES string of the molecule is O=C(Cc1ccsc1)N1CCO[C@H]2[C@H](Oc3ccccn3)CC[C@@H]21. The molecule has 1 saturated carbocycles. The second kappa shape index (κ2) is 6.91. The summed E-state index contributed by atoms with van der Waals surface area (Å²) in [6, 6.07) is 7.76. The third-order valence-corrected chi connectivity index (χ3v) is 5.43. The normalized spacial score (nSPS) is 26.2. The van der Waals surface area contributed by atoms with Crippen LogP contribution < -0.4 is 4.74 Å². The maximum absolute atomic E-state index is 12.7. The monoisotopic (exact) mass is 344 g/mol. The van der Waals surface area contributed by atoms with E-state index < -0.39 is 0 Å². The molecule has 24 heavy (non-hydrogen) atoms. The smallest absolute Gasteiger partial charge is 0.227 e. The number of fused-ring (bicyclic) bond motifs is 1. The van der Waals surface area contributed by atoms with Crippen LogP contribution in [0.25, 0.3) is 0 Å². The number of aromatic nitrogens is 1. The number of pyridine rings is 1.